The number of fused-ring (bicyclic) bond motifs is 1. The van der Waals surface area contributed by atoms with Crippen molar-refractivity contribution in [1.82, 2.24) is 14.8 Å². The Hall–Kier alpha value is -3.95. The quantitative estimate of drug-likeness (QED) is 0.352. The molecule has 0 aliphatic heterocycles. The van der Waals surface area contributed by atoms with Crippen LogP contribution in [0.5, 0.6) is 0 Å². The second-order valence-corrected chi connectivity index (χ2v) is 9.23. The minimum absolute atomic E-state index is 0.0135. The number of amides is 2. The largest absolute Gasteiger partial charge is 0.419 e. The highest BCUT2D eigenvalue weighted by Gasteiger charge is 2.32. The molecule has 2 saturated carbocycles. The van der Waals surface area contributed by atoms with Crippen molar-refractivity contribution in [2.45, 2.75) is 63.7 Å². The zero-order chi connectivity index (χ0) is 24.5. The van der Waals surface area contributed by atoms with Crippen molar-refractivity contribution < 1.29 is 18.9 Å². The lowest BCUT2D eigenvalue weighted by Crippen LogP contribution is -2.32. The van der Waals surface area contributed by atoms with Crippen molar-refractivity contribution in [1.29, 1.82) is 0 Å². The molecule has 3 aromatic rings. The molecule has 10 nitrogen and oxygen atoms in total. The Kier molecular flexibility index (Phi) is 6.10. The summed E-state index contributed by atoms with van der Waals surface area (Å²) in [6, 6.07) is 11.9. The third kappa shape index (κ3) is 5.26. The van der Waals surface area contributed by atoms with Crippen LogP contribution in [-0.4, -0.2) is 38.3 Å². The standard InChI is InChI=1S/C25H26N4O6/c30-23(2-1-13-27-21-12-11-20(29(33)34)14-22(21)35-25(27)32)28(19-9-10-19)15-16-3-5-17(6-4-16)24(31)26-18-7-8-18/h3-6,11-12,14,18-19H,1-2,7-10,13,15H2,(H,26,31). The maximum Gasteiger partial charge on any atom is 0.419 e. The summed E-state index contributed by atoms with van der Waals surface area (Å²) in [5.74, 6) is -0.650. The Balaban J connectivity index is 1.19. The lowest BCUT2D eigenvalue weighted by atomic mass is 10.1. The van der Waals surface area contributed by atoms with Crippen molar-refractivity contribution in [3.05, 3.63) is 74.3 Å². The van der Waals surface area contributed by atoms with Crippen LogP contribution >= 0.6 is 0 Å². The van der Waals surface area contributed by atoms with Crippen molar-refractivity contribution >= 4 is 28.6 Å². The molecular weight excluding hydrogens is 452 g/mol. The molecule has 2 aromatic carbocycles. The van der Waals surface area contributed by atoms with Crippen LogP contribution in [-0.2, 0) is 17.9 Å². The fourth-order valence-corrected chi connectivity index (χ4v) is 4.17. The van der Waals surface area contributed by atoms with Crippen molar-refractivity contribution in [2.24, 2.45) is 0 Å². The van der Waals surface area contributed by atoms with Gasteiger partial charge in [0.25, 0.3) is 11.6 Å². The van der Waals surface area contributed by atoms with Gasteiger partial charge in [0.2, 0.25) is 5.91 Å². The molecule has 2 fully saturated rings. The molecule has 182 valence electrons. The van der Waals surface area contributed by atoms with E-state index in [4.69, 9.17) is 4.42 Å². The van der Waals surface area contributed by atoms with Crippen LogP contribution in [0.2, 0.25) is 0 Å². The molecule has 0 bridgehead atoms. The molecule has 1 aromatic heterocycles. The lowest BCUT2D eigenvalue weighted by Gasteiger charge is -2.23. The molecule has 0 atom stereocenters. The number of nitro benzene ring substituents is 1. The van der Waals surface area contributed by atoms with E-state index < -0.39 is 10.7 Å². The Morgan fingerprint density at radius 3 is 2.51 bits per heavy atom. The minimum atomic E-state index is -0.599. The number of benzene rings is 2. The van der Waals surface area contributed by atoms with Crippen molar-refractivity contribution in [2.75, 3.05) is 0 Å². The second kappa shape index (κ2) is 9.36. The summed E-state index contributed by atoms with van der Waals surface area (Å²) in [5, 5.41) is 13.9. The number of hydrogen-bond donors (Lipinski definition) is 1. The van der Waals surface area contributed by atoms with Gasteiger partial charge in [0, 0.05) is 43.2 Å². The maximum absolute atomic E-state index is 13.0. The van der Waals surface area contributed by atoms with Gasteiger partial charge in [-0.05, 0) is 55.9 Å². The average Bonchev–Trinajstić information content (AvgIpc) is 3.77. The van der Waals surface area contributed by atoms with Gasteiger partial charge in [0.15, 0.2) is 5.58 Å². The van der Waals surface area contributed by atoms with Gasteiger partial charge in [-0.2, -0.15) is 0 Å². The first-order chi connectivity index (χ1) is 16.9. The molecule has 1 N–H and O–H groups in total. The summed E-state index contributed by atoms with van der Waals surface area (Å²) in [4.78, 5) is 49.7. The fourth-order valence-electron chi connectivity index (χ4n) is 4.17. The van der Waals surface area contributed by atoms with Gasteiger partial charge in [-0.15, -0.1) is 0 Å². The van der Waals surface area contributed by atoms with E-state index in [2.05, 4.69) is 5.32 Å². The Morgan fingerprint density at radius 2 is 1.86 bits per heavy atom. The molecule has 2 aliphatic rings. The Labute approximate surface area is 200 Å². The monoisotopic (exact) mass is 478 g/mol. The highest BCUT2D eigenvalue weighted by molar-refractivity contribution is 5.94. The van der Waals surface area contributed by atoms with Gasteiger partial charge >= 0.3 is 5.76 Å². The number of carbonyl (C=O) groups excluding carboxylic acids is 2. The maximum atomic E-state index is 13.0. The summed E-state index contributed by atoms with van der Waals surface area (Å²) in [7, 11) is 0. The van der Waals surface area contributed by atoms with E-state index in [0.29, 0.717) is 30.1 Å². The number of nitrogens with one attached hydrogen (secondary N) is 1. The third-order valence-electron chi connectivity index (χ3n) is 6.42. The van der Waals surface area contributed by atoms with E-state index in [1.807, 2.05) is 17.0 Å². The zero-order valence-corrected chi connectivity index (χ0v) is 19.1. The number of rotatable bonds is 10. The molecule has 0 saturated heterocycles. The molecule has 2 aliphatic carbocycles. The number of non-ortho nitro benzene ring substituents is 1. The number of aryl methyl sites for hydroxylation is 1. The average molecular weight is 479 g/mol. The molecule has 5 rings (SSSR count). The van der Waals surface area contributed by atoms with Gasteiger partial charge in [0.1, 0.15) is 0 Å². The van der Waals surface area contributed by atoms with Crippen LogP contribution in [0, 0.1) is 10.1 Å². The first kappa shape index (κ1) is 22.8. The van der Waals surface area contributed by atoms with E-state index in [0.717, 1.165) is 31.2 Å². The van der Waals surface area contributed by atoms with E-state index in [-0.39, 0.29) is 42.1 Å². The first-order valence-corrected chi connectivity index (χ1v) is 11.9. The van der Waals surface area contributed by atoms with Crippen LogP contribution < -0.4 is 11.1 Å². The molecule has 2 amide bonds. The Morgan fingerprint density at radius 1 is 1.11 bits per heavy atom. The number of nitrogens with zero attached hydrogens (tertiary/aromatic N) is 3. The predicted molar refractivity (Wildman–Crippen MR) is 127 cm³/mol. The second-order valence-electron chi connectivity index (χ2n) is 9.23. The van der Waals surface area contributed by atoms with Gasteiger partial charge in [0.05, 0.1) is 16.5 Å². The van der Waals surface area contributed by atoms with Gasteiger partial charge in [-0.1, -0.05) is 12.1 Å². The number of nitro groups is 1. The molecule has 1 heterocycles. The lowest BCUT2D eigenvalue weighted by molar-refractivity contribution is -0.384. The van der Waals surface area contributed by atoms with E-state index in [9.17, 15) is 24.5 Å². The van der Waals surface area contributed by atoms with Gasteiger partial charge in [-0.3, -0.25) is 24.3 Å². The molecular formula is C25H26N4O6. The summed E-state index contributed by atoms with van der Waals surface area (Å²) in [6.45, 7) is 0.755. The first-order valence-electron chi connectivity index (χ1n) is 11.9. The van der Waals surface area contributed by atoms with Gasteiger partial charge in [-0.25, -0.2) is 4.79 Å². The van der Waals surface area contributed by atoms with Crippen LogP contribution in [0.15, 0.2) is 51.7 Å². The van der Waals surface area contributed by atoms with Crippen LogP contribution in [0.3, 0.4) is 0 Å². The highest BCUT2D eigenvalue weighted by atomic mass is 16.6. The predicted octanol–water partition coefficient (Wildman–Crippen LogP) is 3.37. The molecule has 0 radical (unpaired) electrons. The van der Waals surface area contributed by atoms with Gasteiger partial charge < -0.3 is 14.6 Å². The zero-order valence-electron chi connectivity index (χ0n) is 19.1. The van der Waals surface area contributed by atoms with Crippen molar-refractivity contribution in [3.63, 3.8) is 0 Å². The minimum Gasteiger partial charge on any atom is -0.407 e. The van der Waals surface area contributed by atoms with Crippen LogP contribution in [0.1, 0.15) is 54.4 Å². The number of hydrogen-bond acceptors (Lipinski definition) is 6. The molecule has 35 heavy (non-hydrogen) atoms. The summed E-state index contributed by atoms with van der Waals surface area (Å²) in [6.07, 6.45) is 4.72. The molecule has 0 unspecified atom stereocenters. The highest BCUT2D eigenvalue weighted by Crippen LogP contribution is 2.29. The smallest absolute Gasteiger partial charge is 0.407 e. The normalized spacial score (nSPS) is 15.2. The van der Waals surface area contributed by atoms with E-state index in [1.54, 1.807) is 12.1 Å². The van der Waals surface area contributed by atoms with Crippen LogP contribution in [0.25, 0.3) is 11.1 Å². The third-order valence-corrected chi connectivity index (χ3v) is 6.42. The fraction of sp³-hybridized carbons (Fsp3) is 0.400. The van der Waals surface area contributed by atoms with E-state index in [1.165, 1.54) is 22.8 Å². The number of aromatic nitrogens is 1. The topological polar surface area (TPSA) is 128 Å². The Bertz CT molecular complexity index is 1330. The SMILES string of the molecule is O=C(NC1CC1)c1ccc(CN(C(=O)CCCn2c(=O)oc3cc([N+](=O)[O-])ccc32)C2CC2)cc1. The number of carbonyl (C=O) groups is 2. The van der Waals surface area contributed by atoms with E-state index >= 15 is 0 Å². The number of oxazole rings is 1. The summed E-state index contributed by atoms with van der Waals surface area (Å²) in [5.41, 5.74) is 2.06. The summed E-state index contributed by atoms with van der Waals surface area (Å²) < 4.78 is 6.55. The molecule has 0 spiro atoms. The molecule has 10 heteroatoms. The van der Waals surface area contributed by atoms with Crippen molar-refractivity contribution in [3.8, 4) is 0 Å². The van der Waals surface area contributed by atoms with Crippen LogP contribution in [0.4, 0.5) is 5.69 Å². The summed E-state index contributed by atoms with van der Waals surface area (Å²) >= 11 is 0.